The number of aliphatic hydroxyl groups excluding tert-OH is 1. The number of carbonyl (C=O) groups is 4. The van der Waals surface area contributed by atoms with Gasteiger partial charge < -0.3 is 33.8 Å². The maximum atomic E-state index is 13.1. The number of phosphoric acid groups is 2. The number of esters is 4. The quantitative estimate of drug-likeness (QED) is 0.0222. The molecule has 558 valence electrons. The van der Waals surface area contributed by atoms with Gasteiger partial charge in [0.2, 0.25) is 0 Å². The number of hydrogen-bond donors (Lipinski definition) is 3. The van der Waals surface area contributed by atoms with Gasteiger partial charge in [-0.15, -0.1) is 0 Å². The molecule has 17 nitrogen and oxygen atoms in total. The summed E-state index contributed by atoms with van der Waals surface area (Å²) in [5.74, 6) is -0.490. The molecule has 0 heterocycles. The van der Waals surface area contributed by atoms with Crippen LogP contribution in [0.5, 0.6) is 0 Å². The molecule has 0 bridgehead atoms. The molecule has 3 unspecified atom stereocenters. The van der Waals surface area contributed by atoms with Crippen molar-refractivity contribution in [2.24, 2.45) is 11.8 Å². The molecule has 0 saturated heterocycles. The molecule has 0 aliphatic carbocycles. The van der Waals surface area contributed by atoms with Crippen molar-refractivity contribution in [1.82, 2.24) is 0 Å². The number of rotatable bonds is 74. The van der Waals surface area contributed by atoms with Crippen LogP contribution in [-0.4, -0.2) is 96.7 Å². The zero-order chi connectivity index (χ0) is 69.3. The highest BCUT2D eigenvalue weighted by Crippen LogP contribution is 2.45. The van der Waals surface area contributed by atoms with E-state index in [-0.39, 0.29) is 25.7 Å². The zero-order valence-electron chi connectivity index (χ0n) is 61.3. The molecule has 0 rings (SSSR count). The number of unbranched alkanes of at least 4 members (excludes halogenated alkanes) is 43. The molecule has 0 amide bonds. The second-order valence-corrected chi connectivity index (χ2v) is 30.7. The van der Waals surface area contributed by atoms with Crippen molar-refractivity contribution in [1.29, 1.82) is 0 Å². The van der Waals surface area contributed by atoms with Crippen LogP contribution in [0.3, 0.4) is 0 Å². The summed E-state index contributed by atoms with van der Waals surface area (Å²) in [6, 6.07) is 0. The van der Waals surface area contributed by atoms with Gasteiger partial charge in [0.15, 0.2) is 12.2 Å². The van der Waals surface area contributed by atoms with Gasteiger partial charge >= 0.3 is 39.5 Å². The van der Waals surface area contributed by atoms with E-state index >= 15 is 0 Å². The van der Waals surface area contributed by atoms with E-state index in [0.717, 1.165) is 108 Å². The molecule has 0 aromatic carbocycles. The van der Waals surface area contributed by atoms with Crippen LogP contribution in [0.15, 0.2) is 0 Å². The molecule has 0 spiro atoms. The first-order valence-electron chi connectivity index (χ1n) is 39.0. The summed E-state index contributed by atoms with van der Waals surface area (Å²) in [5.41, 5.74) is 0. The fourth-order valence-corrected chi connectivity index (χ4v) is 13.0. The standard InChI is InChI=1S/C75H146O17P2/c1-7-10-12-14-15-16-17-18-19-25-31-36-41-47-53-59-74(79)91-70(63-85-72(77)57-51-43-13-11-8-2)65-89-93(81,82)87-61-69(76)62-88-94(83,84)90-66-71(64-86-73(78)58-52-46-40-35-30-27-22-23-28-33-38-44-49-55-67(4)5)92-75(80)60-54-48-42-37-32-26-21-20-24-29-34-39-45-50-56-68(6)9-3/h67-71,76H,7-66H2,1-6H3,(H,81,82)(H,83,84)/t68?,69-,70+,71+/m0/s1. The number of phosphoric ester groups is 2. The van der Waals surface area contributed by atoms with Crippen molar-refractivity contribution in [2.75, 3.05) is 39.6 Å². The Kier molecular flexibility index (Phi) is 65.5. The van der Waals surface area contributed by atoms with Gasteiger partial charge in [0, 0.05) is 25.7 Å². The van der Waals surface area contributed by atoms with Crippen molar-refractivity contribution < 1.29 is 80.2 Å². The minimum atomic E-state index is -4.95. The monoisotopic (exact) mass is 1380 g/mol. The Balaban J connectivity index is 5.15. The minimum absolute atomic E-state index is 0.107. The van der Waals surface area contributed by atoms with E-state index in [9.17, 15) is 43.2 Å². The predicted octanol–water partition coefficient (Wildman–Crippen LogP) is 21.9. The van der Waals surface area contributed by atoms with Crippen molar-refractivity contribution in [2.45, 2.75) is 407 Å². The Hall–Kier alpha value is -1.94. The van der Waals surface area contributed by atoms with Crippen LogP contribution in [0.25, 0.3) is 0 Å². The number of aliphatic hydroxyl groups is 1. The summed E-state index contributed by atoms with van der Waals surface area (Å²) in [4.78, 5) is 72.5. The molecule has 6 atom stereocenters. The number of carbonyl (C=O) groups excluding carboxylic acids is 4. The van der Waals surface area contributed by atoms with E-state index in [1.54, 1.807) is 0 Å². The molecule has 0 radical (unpaired) electrons. The molecule has 0 aromatic rings. The molecule has 0 aliphatic rings. The minimum Gasteiger partial charge on any atom is -0.462 e. The van der Waals surface area contributed by atoms with Crippen LogP contribution < -0.4 is 0 Å². The Morgan fingerprint density at radius 2 is 0.543 bits per heavy atom. The smallest absolute Gasteiger partial charge is 0.462 e. The van der Waals surface area contributed by atoms with E-state index < -0.39 is 97.5 Å². The summed E-state index contributed by atoms with van der Waals surface area (Å²) in [5, 5.41) is 10.6. The highest BCUT2D eigenvalue weighted by molar-refractivity contribution is 7.47. The number of hydrogen-bond acceptors (Lipinski definition) is 15. The van der Waals surface area contributed by atoms with Gasteiger partial charge in [0.25, 0.3) is 0 Å². The Bertz CT molecular complexity index is 1820. The maximum absolute atomic E-state index is 13.1. The van der Waals surface area contributed by atoms with Gasteiger partial charge in [-0.25, -0.2) is 9.13 Å². The highest BCUT2D eigenvalue weighted by Gasteiger charge is 2.30. The molecule has 3 N–H and O–H groups in total. The first kappa shape index (κ1) is 92.1. The SMILES string of the molecule is CCCCCCCCCCCCCCCCCC(=O)O[C@H](COC(=O)CCCCCCC)COP(=O)(O)OC[C@H](O)COP(=O)(O)OC[C@@H](COC(=O)CCCCCCCCCCCCCCCC(C)C)OC(=O)CCCCCCCCCCCCCCCCC(C)CC. The predicted molar refractivity (Wildman–Crippen MR) is 381 cm³/mol. The summed E-state index contributed by atoms with van der Waals surface area (Å²) >= 11 is 0. The van der Waals surface area contributed by atoms with Crippen molar-refractivity contribution >= 4 is 39.5 Å². The van der Waals surface area contributed by atoms with Crippen molar-refractivity contribution in [3.63, 3.8) is 0 Å². The van der Waals surface area contributed by atoms with Crippen molar-refractivity contribution in [3.05, 3.63) is 0 Å². The van der Waals surface area contributed by atoms with Gasteiger partial charge in [0.05, 0.1) is 26.4 Å². The molecular formula is C75H146O17P2. The van der Waals surface area contributed by atoms with Gasteiger partial charge in [-0.05, 0) is 37.5 Å². The lowest BCUT2D eigenvalue weighted by atomic mass is 9.99. The van der Waals surface area contributed by atoms with Crippen LogP contribution in [0.4, 0.5) is 0 Å². The van der Waals surface area contributed by atoms with Crippen LogP contribution >= 0.6 is 15.6 Å². The fourth-order valence-electron chi connectivity index (χ4n) is 11.4. The average Bonchev–Trinajstić information content (AvgIpc) is 2.08. The third-order valence-electron chi connectivity index (χ3n) is 17.8. The highest BCUT2D eigenvalue weighted by atomic mass is 31.2. The van der Waals surface area contributed by atoms with E-state index in [1.165, 1.54) is 199 Å². The van der Waals surface area contributed by atoms with E-state index in [2.05, 4.69) is 41.5 Å². The van der Waals surface area contributed by atoms with Gasteiger partial charge in [-0.2, -0.15) is 0 Å². The first-order chi connectivity index (χ1) is 45.4. The molecule has 94 heavy (non-hydrogen) atoms. The largest absolute Gasteiger partial charge is 0.472 e. The average molecular weight is 1380 g/mol. The Labute approximate surface area is 575 Å². The second-order valence-electron chi connectivity index (χ2n) is 27.8. The molecular weight excluding hydrogens is 1230 g/mol. The molecule has 0 aromatic heterocycles. The van der Waals surface area contributed by atoms with Crippen LogP contribution in [0.1, 0.15) is 388 Å². The van der Waals surface area contributed by atoms with Crippen LogP contribution in [0.2, 0.25) is 0 Å². The lowest BCUT2D eigenvalue weighted by Gasteiger charge is -2.21. The Morgan fingerprint density at radius 1 is 0.309 bits per heavy atom. The van der Waals surface area contributed by atoms with E-state index in [4.69, 9.17) is 37.0 Å². The molecule has 0 aliphatic heterocycles. The second kappa shape index (κ2) is 66.9. The third kappa shape index (κ3) is 67.3. The van der Waals surface area contributed by atoms with Crippen LogP contribution in [-0.2, 0) is 65.4 Å². The van der Waals surface area contributed by atoms with Crippen molar-refractivity contribution in [3.8, 4) is 0 Å². The van der Waals surface area contributed by atoms with Gasteiger partial charge in [-0.1, -0.05) is 337 Å². The molecule has 0 fully saturated rings. The lowest BCUT2D eigenvalue weighted by Crippen LogP contribution is -2.30. The normalized spacial score (nSPS) is 14.3. The first-order valence-corrected chi connectivity index (χ1v) is 42.0. The summed E-state index contributed by atoms with van der Waals surface area (Å²) in [7, 11) is -9.90. The fraction of sp³-hybridized carbons (Fsp3) is 0.947. The molecule has 0 saturated carbocycles. The van der Waals surface area contributed by atoms with Gasteiger partial charge in [-0.3, -0.25) is 37.3 Å². The topological polar surface area (TPSA) is 237 Å². The number of ether oxygens (including phenoxy) is 4. The zero-order valence-corrected chi connectivity index (χ0v) is 63.1. The third-order valence-corrected chi connectivity index (χ3v) is 19.7. The Morgan fingerprint density at radius 3 is 0.809 bits per heavy atom. The summed E-state index contributed by atoms with van der Waals surface area (Å²) < 4.78 is 68.3. The van der Waals surface area contributed by atoms with E-state index in [0.29, 0.717) is 25.7 Å². The molecule has 19 heteroatoms. The van der Waals surface area contributed by atoms with E-state index in [1.807, 2.05) is 0 Å². The summed E-state index contributed by atoms with van der Waals surface area (Å²) in [6.45, 7) is 9.58. The van der Waals surface area contributed by atoms with Crippen LogP contribution in [0, 0.1) is 11.8 Å². The lowest BCUT2D eigenvalue weighted by molar-refractivity contribution is -0.161. The maximum Gasteiger partial charge on any atom is 0.472 e. The summed E-state index contributed by atoms with van der Waals surface area (Å²) in [6.07, 6.45) is 54.4. The van der Waals surface area contributed by atoms with Gasteiger partial charge in [0.1, 0.15) is 19.3 Å².